The van der Waals surface area contributed by atoms with Crippen LogP contribution in [0, 0.1) is 5.92 Å². The second kappa shape index (κ2) is 10.3. The van der Waals surface area contributed by atoms with Gasteiger partial charge < -0.3 is 24.5 Å². The largest absolute Gasteiger partial charge is 0.342 e. The van der Waals surface area contributed by atoms with E-state index in [0.717, 1.165) is 5.69 Å². The summed E-state index contributed by atoms with van der Waals surface area (Å²) in [7, 11) is 0. The summed E-state index contributed by atoms with van der Waals surface area (Å²) >= 11 is 0. The van der Waals surface area contributed by atoms with Crippen molar-refractivity contribution in [2.75, 3.05) is 57.4 Å². The van der Waals surface area contributed by atoms with E-state index >= 15 is 0 Å². The number of para-hydroxylation sites is 1. The second-order valence-corrected chi connectivity index (χ2v) is 10.3. The first kappa shape index (κ1) is 25.0. The molecular weight excluding hydrogens is 446 g/mol. The predicted molar refractivity (Wildman–Crippen MR) is 132 cm³/mol. The number of piperazine rings is 1. The average molecular weight is 484 g/mol. The van der Waals surface area contributed by atoms with Crippen molar-refractivity contribution in [3.8, 4) is 0 Å². The van der Waals surface area contributed by atoms with Gasteiger partial charge in [-0.15, -0.1) is 0 Å². The van der Waals surface area contributed by atoms with E-state index in [0.29, 0.717) is 71.1 Å². The third kappa shape index (κ3) is 5.13. The van der Waals surface area contributed by atoms with E-state index in [1.807, 2.05) is 49.1 Å². The third-order valence-corrected chi connectivity index (χ3v) is 7.51. The summed E-state index contributed by atoms with van der Waals surface area (Å²) in [5.74, 6) is 0.337. The first-order chi connectivity index (χ1) is 16.7. The highest BCUT2D eigenvalue weighted by atomic mass is 16.2. The predicted octanol–water partition coefficient (Wildman–Crippen LogP) is 1.39. The maximum absolute atomic E-state index is 13.8. The quantitative estimate of drug-likeness (QED) is 0.632. The van der Waals surface area contributed by atoms with E-state index in [-0.39, 0.29) is 30.2 Å². The Labute approximate surface area is 207 Å². The molecule has 4 amide bonds. The topological polar surface area (TPSA) is 84.5 Å². The Morgan fingerprint density at radius 1 is 0.857 bits per heavy atom. The minimum atomic E-state index is -0.746. The van der Waals surface area contributed by atoms with Crippen LogP contribution in [0.4, 0.5) is 5.69 Å². The van der Waals surface area contributed by atoms with Crippen molar-refractivity contribution in [2.45, 2.75) is 45.6 Å². The molecule has 3 aliphatic rings. The number of carbonyl (C=O) groups excluding carboxylic acids is 4. The van der Waals surface area contributed by atoms with E-state index in [1.165, 1.54) is 0 Å². The van der Waals surface area contributed by atoms with Gasteiger partial charge in [0.15, 0.2) is 0 Å². The monoisotopic (exact) mass is 483 g/mol. The highest BCUT2D eigenvalue weighted by Crippen LogP contribution is 2.39. The van der Waals surface area contributed by atoms with E-state index in [2.05, 4.69) is 4.90 Å². The highest BCUT2D eigenvalue weighted by Gasteiger charge is 2.54. The lowest BCUT2D eigenvalue weighted by Crippen LogP contribution is -2.57. The van der Waals surface area contributed by atoms with Crippen molar-refractivity contribution >= 4 is 29.3 Å². The smallest absolute Gasteiger partial charge is 0.250 e. The number of hydrogen-bond acceptors (Lipinski definition) is 5. The maximum atomic E-state index is 13.8. The second-order valence-electron chi connectivity index (χ2n) is 10.3. The highest BCUT2D eigenvalue weighted by molar-refractivity contribution is 5.96. The van der Waals surface area contributed by atoms with Gasteiger partial charge in [0.1, 0.15) is 12.1 Å². The molecule has 0 atom stereocenters. The summed E-state index contributed by atoms with van der Waals surface area (Å²) in [5.41, 5.74) is 0.205. The summed E-state index contributed by atoms with van der Waals surface area (Å²) in [5, 5.41) is 0. The number of benzene rings is 1. The molecule has 0 bridgehead atoms. The first-order valence-corrected chi connectivity index (χ1v) is 12.6. The van der Waals surface area contributed by atoms with Crippen molar-refractivity contribution in [1.82, 2.24) is 19.6 Å². The molecule has 4 rings (SSSR count). The zero-order chi connectivity index (χ0) is 25.2. The van der Waals surface area contributed by atoms with Gasteiger partial charge in [-0.1, -0.05) is 32.0 Å². The lowest BCUT2D eigenvalue weighted by Gasteiger charge is -2.43. The van der Waals surface area contributed by atoms with Gasteiger partial charge in [0.05, 0.1) is 6.67 Å². The van der Waals surface area contributed by atoms with E-state index in [1.54, 1.807) is 21.6 Å². The number of nitrogens with zero attached hydrogens (tertiary/aromatic N) is 5. The molecule has 0 aromatic heterocycles. The van der Waals surface area contributed by atoms with Gasteiger partial charge in [-0.25, -0.2) is 0 Å². The average Bonchev–Trinajstić information content (AvgIpc) is 3.10. The summed E-state index contributed by atoms with van der Waals surface area (Å²) < 4.78 is 0. The maximum Gasteiger partial charge on any atom is 0.250 e. The Morgan fingerprint density at radius 3 is 2.00 bits per heavy atom. The van der Waals surface area contributed by atoms with Crippen LogP contribution in [-0.4, -0.2) is 101 Å². The lowest BCUT2D eigenvalue weighted by molar-refractivity contribution is -0.144. The van der Waals surface area contributed by atoms with E-state index < -0.39 is 5.54 Å². The van der Waals surface area contributed by atoms with Crippen molar-refractivity contribution in [1.29, 1.82) is 0 Å². The molecule has 1 aromatic carbocycles. The van der Waals surface area contributed by atoms with E-state index in [4.69, 9.17) is 0 Å². The molecule has 0 saturated carbocycles. The van der Waals surface area contributed by atoms with Crippen LogP contribution in [0.15, 0.2) is 30.3 Å². The van der Waals surface area contributed by atoms with E-state index in [9.17, 15) is 19.2 Å². The molecule has 9 heteroatoms. The van der Waals surface area contributed by atoms with Crippen LogP contribution in [0.1, 0.15) is 40.0 Å². The van der Waals surface area contributed by atoms with Crippen LogP contribution in [0.2, 0.25) is 0 Å². The summed E-state index contributed by atoms with van der Waals surface area (Å²) in [6, 6.07) is 9.85. The van der Waals surface area contributed by atoms with Gasteiger partial charge in [-0.3, -0.25) is 19.2 Å². The Hall–Kier alpha value is -3.10. The number of piperidine rings is 1. The van der Waals surface area contributed by atoms with Crippen molar-refractivity contribution in [3.05, 3.63) is 30.3 Å². The zero-order valence-electron chi connectivity index (χ0n) is 21.1. The van der Waals surface area contributed by atoms with Gasteiger partial charge in [0, 0.05) is 58.3 Å². The minimum Gasteiger partial charge on any atom is -0.342 e. The van der Waals surface area contributed by atoms with Gasteiger partial charge in [-0.2, -0.15) is 0 Å². The normalized spacial score (nSPS) is 20.2. The molecule has 3 fully saturated rings. The Kier molecular flexibility index (Phi) is 7.33. The van der Waals surface area contributed by atoms with Crippen LogP contribution < -0.4 is 4.90 Å². The standard InChI is InChI=1S/C26H37N5O4/c1-20(2)17-23(33)28-11-9-26(10-12-28)25(35)30(19-31(26)22-7-5-4-6-8-22)18-24(34)29-15-13-27(14-16-29)21(3)32/h4-8,20H,9-19H2,1-3H3. The summed E-state index contributed by atoms with van der Waals surface area (Å²) in [6.07, 6.45) is 1.61. The molecule has 1 spiro atoms. The first-order valence-electron chi connectivity index (χ1n) is 12.6. The molecule has 35 heavy (non-hydrogen) atoms. The third-order valence-electron chi connectivity index (χ3n) is 7.51. The minimum absolute atomic E-state index is 0.0190. The molecule has 3 aliphatic heterocycles. The Bertz CT molecular complexity index is 950. The number of carbonyl (C=O) groups is 4. The molecule has 3 saturated heterocycles. The van der Waals surface area contributed by atoms with Gasteiger partial charge in [-0.05, 0) is 30.9 Å². The number of anilines is 1. The van der Waals surface area contributed by atoms with Crippen molar-refractivity contribution < 1.29 is 19.2 Å². The molecule has 9 nitrogen and oxygen atoms in total. The zero-order valence-corrected chi connectivity index (χ0v) is 21.1. The Balaban J connectivity index is 1.48. The van der Waals surface area contributed by atoms with Crippen LogP contribution in [-0.2, 0) is 19.2 Å². The van der Waals surface area contributed by atoms with Crippen molar-refractivity contribution in [2.24, 2.45) is 5.92 Å². The number of rotatable bonds is 5. The van der Waals surface area contributed by atoms with Gasteiger partial charge in [0.25, 0.3) is 5.91 Å². The van der Waals surface area contributed by atoms with Gasteiger partial charge >= 0.3 is 0 Å². The number of hydrogen-bond donors (Lipinski definition) is 0. The van der Waals surface area contributed by atoms with Crippen LogP contribution >= 0.6 is 0 Å². The summed E-state index contributed by atoms with van der Waals surface area (Å²) in [6.45, 7) is 9.09. The molecule has 0 unspecified atom stereocenters. The molecule has 0 radical (unpaired) electrons. The fourth-order valence-corrected chi connectivity index (χ4v) is 5.46. The van der Waals surface area contributed by atoms with Gasteiger partial charge in [0.2, 0.25) is 17.7 Å². The summed E-state index contributed by atoms with van der Waals surface area (Å²) in [4.78, 5) is 60.3. The Morgan fingerprint density at radius 2 is 1.43 bits per heavy atom. The molecule has 1 aromatic rings. The van der Waals surface area contributed by atoms with Crippen LogP contribution in [0.3, 0.4) is 0 Å². The fourth-order valence-electron chi connectivity index (χ4n) is 5.46. The van der Waals surface area contributed by atoms with Crippen LogP contribution in [0.5, 0.6) is 0 Å². The fraction of sp³-hybridized carbons (Fsp3) is 0.615. The molecule has 0 aliphatic carbocycles. The SMILES string of the molecule is CC(=O)N1CCN(C(=O)CN2CN(c3ccccc3)C3(CCN(C(=O)CC(C)C)CC3)C2=O)CC1. The molecule has 190 valence electrons. The molecule has 3 heterocycles. The lowest BCUT2D eigenvalue weighted by atomic mass is 9.85. The number of likely N-dealkylation sites (tertiary alicyclic amines) is 1. The van der Waals surface area contributed by atoms with Crippen molar-refractivity contribution in [3.63, 3.8) is 0 Å². The molecular formula is C26H37N5O4. The number of amides is 4. The van der Waals surface area contributed by atoms with Crippen LogP contribution in [0.25, 0.3) is 0 Å². The molecule has 0 N–H and O–H groups in total.